The minimum Gasteiger partial charge on any atom is -0.325 e. The standard InChI is InChI=1S/C17H18N2O/c1-12-6-2-5-9-16(12)19-17(20)15-11-18-10-13-7-3-4-8-14(13)15/h2-9,15,18H,10-11H2,1H3,(H,19,20). The van der Waals surface area contributed by atoms with E-state index in [9.17, 15) is 4.79 Å². The molecule has 2 aromatic rings. The van der Waals surface area contributed by atoms with Gasteiger partial charge in [-0.2, -0.15) is 0 Å². The third-order valence-corrected chi connectivity index (χ3v) is 3.81. The fraction of sp³-hybridized carbons (Fsp3) is 0.235. The van der Waals surface area contributed by atoms with Crippen LogP contribution in [0.4, 0.5) is 5.69 Å². The number of carbonyl (C=O) groups excluding carboxylic acids is 1. The Morgan fingerprint density at radius 2 is 1.90 bits per heavy atom. The van der Waals surface area contributed by atoms with Crippen LogP contribution in [0.25, 0.3) is 0 Å². The summed E-state index contributed by atoms with van der Waals surface area (Å²) in [6.07, 6.45) is 0. The molecule has 2 N–H and O–H groups in total. The van der Waals surface area contributed by atoms with Gasteiger partial charge in [0.05, 0.1) is 5.92 Å². The summed E-state index contributed by atoms with van der Waals surface area (Å²) in [5.74, 6) is -0.0708. The lowest BCUT2D eigenvalue weighted by Gasteiger charge is -2.25. The number of carbonyl (C=O) groups is 1. The highest BCUT2D eigenvalue weighted by Gasteiger charge is 2.26. The quantitative estimate of drug-likeness (QED) is 0.877. The van der Waals surface area contributed by atoms with Gasteiger partial charge in [-0.25, -0.2) is 0 Å². The molecule has 0 saturated carbocycles. The van der Waals surface area contributed by atoms with Gasteiger partial charge in [0.25, 0.3) is 0 Å². The first kappa shape index (κ1) is 12.9. The summed E-state index contributed by atoms with van der Waals surface area (Å²) in [7, 11) is 0. The van der Waals surface area contributed by atoms with Crippen LogP contribution in [0.2, 0.25) is 0 Å². The zero-order valence-electron chi connectivity index (χ0n) is 11.5. The summed E-state index contributed by atoms with van der Waals surface area (Å²) < 4.78 is 0. The van der Waals surface area contributed by atoms with Gasteiger partial charge in [0.1, 0.15) is 0 Å². The minimum absolute atomic E-state index is 0.0546. The number of aryl methyl sites for hydroxylation is 1. The molecule has 1 heterocycles. The second-order valence-corrected chi connectivity index (χ2v) is 5.19. The van der Waals surface area contributed by atoms with Crippen molar-refractivity contribution in [2.24, 2.45) is 0 Å². The molecule has 1 aliphatic rings. The number of amides is 1. The highest BCUT2D eigenvalue weighted by Crippen LogP contribution is 2.25. The van der Waals surface area contributed by atoms with Crippen molar-refractivity contribution in [1.82, 2.24) is 5.32 Å². The molecule has 0 radical (unpaired) electrons. The number of hydrogen-bond acceptors (Lipinski definition) is 2. The van der Waals surface area contributed by atoms with E-state index in [-0.39, 0.29) is 11.8 Å². The molecule has 102 valence electrons. The molecule has 20 heavy (non-hydrogen) atoms. The molecule has 0 aromatic heterocycles. The van der Waals surface area contributed by atoms with Crippen LogP contribution < -0.4 is 10.6 Å². The van der Waals surface area contributed by atoms with Crippen LogP contribution in [-0.4, -0.2) is 12.5 Å². The molecule has 3 rings (SSSR count). The van der Waals surface area contributed by atoms with E-state index in [1.807, 2.05) is 43.3 Å². The molecule has 0 bridgehead atoms. The van der Waals surface area contributed by atoms with E-state index in [4.69, 9.17) is 0 Å². The highest BCUT2D eigenvalue weighted by molar-refractivity contribution is 5.97. The van der Waals surface area contributed by atoms with E-state index in [0.717, 1.165) is 23.4 Å². The number of fused-ring (bicyclic) bond motifs is 1. The van der Waals surface area contributed by atoms with Gasteiger partial charge in [-0.3, -0.25) is 4.79 Å². The topological polar surface area (TPSA) is 41.1 Å². The molecule has 1 atom stereocenters. The molecule has 2 aromatic carbocycles. The van der Waals surface area contributed by atoms with Crippen molar-refractivity contribution in [3.63, 3.8) is 0 Å². The lowest BCUT2D eigenvalue weighted by Crippen LogP contribution is -2.35. The number of rotatable bonds is 2. The molecule has 0 fully saturated rings. The molecule has 0 aliphatic carbocycles. The van der Waals surface area contributed by atoms with E-state index >= 15 is 0 Å². The maximum Gasteiger partial charge on any atom is 0.233 e. The van der Waals surface area contributed by atoms with Gasteiger partial charge in [0.2, 0.25) is 5.91 Å². The zero-order valence-corrected chi connectivity index (χ0v) is 11.5. The van der Waals surface area contributed by atoms with E-state index in [2.05, 4.69) is 22.8 Å². The van der Waals surface area contributed by atoms with Crippen LogP contribution in [0.3, 0.4) is 0 Å². The van der Waals surface area contributed by atoms with E-state index in [1.165, 1.54) is 5.56 Å². The number of anilines is 1. The van der Waals surface area contributed by atoms with Crippen molar-refractivity contribution in [3.05, 3.63) is 65.2 Å². The van der Waals surface area contributed by atoms with Crippen molar-refractivity contribution in [1.29, 1.82) is 0 Å². The lowest BCUT2D eigenvalue weighted by molar-refractivity contribution is -0.117. The van der Waals surface area contributed by atoms with Crippen molar-refractivity contribution >= 4 is 11.6 Å². The van der Waals surface area contributed by atoms with E-state index in [1.54, 1.807) is 0 Å². The molecule has 0 spiro atoms. The van der Waals surface area contributed by atoms with E-state index in [0.29, 0.717) is 6.54 Å². The fourth-order valence-corrected chi connectivity index (χ4v) is 2.66. The largest absolute Gasteiger partial charge is 0.325 e. The lowest BCUT2D eigenvalue weighted by atomic mass is 9.90. The van der Waals surface area contributed by atoms with Gasteiger partial charge in [0, 0.05) is 18.8 Å². The average Bonchev–Trinajstić information content (AvgIpc) is 2.49. The molecule has 3 heteroatoms. The SMILES string of the molecule is Cc1ccccc1NC(=O)C1CNCc2ccccc21. The van der Waals surface area contributed by atoms with E-state index < -0.39 is 0 Å². The predicted molar refractivity (Wildman–Crippen MR) is 80.7 cm³/mol. The Kier molecular flexibility index (Phi) is 3.52. The zero-order chi connectivity index (χ0) is 13.9. The van der Waals surface area contributed by atoms with Gasteiger partial charge in [-0.15, -0.1) is 0 Å². The van der Waals surface area contributed by atoms with Crippen LogP contribution in [0, 0.1) is 6.92 Å². The molecular weight excluding hydrogens is 248 g/mol. The van der Waals surface area contributed by atoms with Gasteiger partial charge in [0.15, 0.2) is 0 Å². The smallest absolute Gasteiger partial charge is 0.233 e. The fourth-order valence-electron chi connectivity index (χ4n) is 2.66. The third kappa shape index (κ3) is 2.45. The van der Waals surface area contributed by atoms with Crippen molar-refractivity contribution in [3.8, 4) is 0 Å². The van der Waals surface area contributed by atoms with Crippen molar-refractivity contribution in [2.75, 3.05) is 11.9 Å². The first-order valence-electron chi connectivity index (χ1n) is 6.91. The Morgan fingerprint density at radius 3 is 2.75 bits per heavy atom. The van der Waals surface area contributed by atoms with Gasteiger partial charge >= 0.3 is 0 Å². The molecule has 3 nitrogen and oxygen atoms in total. The molecule has 1 amide bonds. The van der Waals surface area contributed by atoms with Gasteiger partial charge in [-0.1, -0.05) is 42.5 Å². The van der Waals surface area contributed by atoms with Crippen LogP contribution in [0.15, 0.2) is 48.5 Å². The normalized spacial score (nSPS) is 17.4. The average molecular weight is 266 g/mol. The molecule has 1 aliphatic heterocycles. The number of para-hydroxylation sites is 1. The Bertz CT molecular complexity index is 636. The summed E-state index contributed by atoms with van der Waals surface area (Å²) in [6, 6.07) is 16.0. The Balaban J connectivity index is 1.84. The first-order chi connectivity index (χ1) is 9.75. The second kappa shape index (κ2) is 5.47. The molecule has 1 unspecified atom stereocenters. The maximum atomic E-state index is 12.5. The highest BCUT2D eigenvalue weighted by atomic mass is 16.1. The second-order valence-electron chi connectivity index (χ2n) is 5.19. The van der Waals surface area contributed by atoms with Crippen molar-refractivity contribution in [2.45, 2.75) is 19.4 Å². The summed E-state index contributed by atoms with van der Waals surface area (Å²) >= 11 is 0. The Hall–Kier alpha value is -2.13. The maximum absolute atomic E-state index is 12.5. The number of nitrogens with one attached hydrogen (secondary N) is 2. The number of hydrogen-bond donors (Lipinski definition) is 2. The summed E-state index contributed by atoms with van der Waals surface area (Å²) in [5.41, 5.74) is 4.32. The summed E-state index contributed by atoms with van der Waals surface area (Å²) in [5, 5.41) is 6.35. The Morgan fingerprint density at radius 1 is 1.15 bits per heavy atom. The van der Waals surface area contributed by atoms with Gasteiger partial charge < -0.3 is 10.6 Å². The number of benzene rings is 2. The summed E-state index contributed by atoms with van der Waals surface area (Å²) in [4.78, 5) is 12.5. The predicted octanol–water partition coefficient (Wildman–Crippen LogP) is 2.82. The van der Waals surface area contributed by atoms with Crippen LogP contribution >= 0.6 is 0 Å². The van der Waals surface area contributed by atoms with Crippen LogP contribution in [0.1, 0.15) is 22.6 Å². The van der Waals surface area contributed by atoms with Crippen molar-refractivity contribution < 1.29 is 4.79 Å². The first-order valence-corrected chi connectivity index (χ1v) is 6.91. The molecule has 0 saturated heterocycles. The molecular formula is C17H18N2O. The Labute approximate surface area is 119 Å². The van der Waals surface area contributed by atoms with Crippen LogP contribution in [0.5, 0.6) is 0 Å². The van der Waals surface area contributed by atoms with Crippen LogP contribution in [-0.2, 0) is 11.3 Å². The summed E-state index contributed by atoms with van der Waals surface area (Å²) in [6.45, 7) is 3.53. The minimum atomic E-state index is -0.125. The monoisotopic (exact) mass is 266 g/mol. The van der Waals surface area contributed by atoms with Gasteiger partial charge in [-0.05, 0) is 29.7 Å². The third-order valence-electron chi connectivity index (χ3n) is 3.81.